The molecule has 0 bridgehead atoms. The SMILES string of the molecule is COC(=O)c1c(B(O)O)c(C)n([Si](C)(C)C(C)(C)C)c1C. The number of aromatic nitrogens is 1. The molecule has 2 N–H and O–H groups in total. The topological polar surface area (TPSA) is 71.7 Å². The molecule has 1 aromatic rings. The van der Waals surface area contributed by atoms with E-state index in [9.17, 15) is 14.8 Å². The van der Waals surface area contributed by atoms with Crippen molar-refractivity contribution in [3.8, 4) is 0 Å². The Kier molecular flexibility index (Phi) is 4.82. The average molecular weight is 311 g/mol. The Morgan fingerprint density at radius 3 is 2.00 bits per heavy atom. The van der Waals surface area contributed by atoms with Crippen LogP contribution in [0.5, 0.6) is 0 Å². The molecule has 21 heavy (non-hydrogen) atoms. The molecule has 0 unspecified atom stereocenters. The standard InChI is InChI=1S/C14H26BNO4Si/c1-9-11(13(17)20-6)12(15(18)19)10(2)16(9)21(7,8)14(3,4)5/h18-19H,1-8H3. The summed E-state index contributed by atoms with van der Waals surface area (Å²) in [6, 6.07) is 0. The van der Waals surface area contributed by atoms with E-state index in [0.717, 1.165) is 11.4 Å². The van der Waals surface area contributed by atoms with E-state index in [1.165, 1.54) is 7.11 Å². The molecule has 7 heteroatoms. The fourth-order valence-electron chi connectivity index (χ4n) is 2.71. The van der Waals surface area contributed by atoms with Crippen LogP contribution in [0.4, 0.5) is 0 Å². The van der Waals surface area contributed by atoms with E-state index in [1.54, 1.807) is 0 Å². The zero-order valence-corrected chi connectivity index (χ0v) is 15.2. The first-order chi connectivity index (χ1) is 9.37. The lowest BCUT2D eigenvalue weighted by Gasteiger charge is -2.40. The van der Waals surface area contributed by atoms with Crippen LogP contribution >= 0.6 is 0 Å². The molecule has 118 valence electrons. The van der Waals surface area contributed by atoms with Crippen molar-refractivity contribution in [1.29, 1.82) is 0 Å². The van der Waals surface area contributed by atoms with Crippen LogP contribution in [-0.4, -0.2) is 42.7 Å². The highest BCUT2D eigenvalue weighted by Crippen LogP contribution is 2.39. The molecule has 0 radical (unpaired) electrons. The third-order valence-electron chi connectivity index (χ3n) is 4.73. The van der Waals surface area contributed by atoms with E-state index >= 15 is 0 Å². The normalized spacial score (nSPS) is 12.5. The second-order valence-electron chi connectivity index (χ2n) is 6.97. The van der Waals surface area contributed by atoms with Gasteiger partial charge < -0.3 is 19.0 Å². The molecule has 0 aliphatic rings. The number of rotatable bonds is 3. The molecule has 1 aromatic heterocycles. The minimum Gasteiger partial charge on any atom is -0.465 e. The van der Waals surface area contributed by atoms with Gasteiger partial charge in [-0.25, -0.2) is 4.79 Å². The number of hydrogen-bond donors (Lipinski definition) is 2. The van der Waals surface area contributed by atoms with Crippen LogP contribution in [0.25, 0.3) is 0 Å². The Hall–Kier alpha value is -1.05. The van der Waals surface area contributed by atoms with Gasteiger partial charge >= 0.3 is 13.1 Å². The Morgan fingerprint density at radius 2 is 1.67 bits per heavy atom. The minimum atomic E-state index is -2.00. The van der Waals surface area contributed by atoms with Gasteiger partial charge in [0.25, 0.3) is 0 Å². The van der Waals surface area contributed by atoms with Gasteiger partial charge in [0.1, 0.15) is 0 Å². The van der Waals surface area contributed by atoms with Crippen LogP contribution in [0.15, 0.2) is 0 Å². The van der Waals surface area contributed by atoms with Gasteiger partial charge in [-0.05, 0) is 18.9 Å². The molecule has 5 nitrogen and oxygen atoms in total. The van der Waals surface area contributed by atoms with Gasteiger partial charge in [0.15, 0.2) is 8.24 Å². The second-order valence-corrected chi connectivity index (χ2v) is 12.0. The zero-order chi connectivity index (χ0) is 16.7. The summed E-state index contributed by atoms with van der Waals surface area (Å²) in [4.78, 5) is 12.1. The predicted octanol–water partition coefficient (Wildman–Crippen LogP) is 1.42. The second kappa shape index (κ2) is 5.62. The van der Waals surface area contributed by atoms with Crippen LogP contribution in [0.3, 0.4) is 0 Å². The smallest absolute Gasteiger partial charge is 0.465 e. The Morgan fingerprint density at radius 1 is 1.19 bits per heavy atom. The van der Waals surface area contributed by atoms with E-state index in [-0.39, 0.29) is 16.1 Å². The summed E-state index contributed by atoms with van der Waals surface area (Å²) in [6.07, 6.45) is 0. The molecule has 0 aromatic carbocycles. The minimum absolute atomic E-state index is 0.0482. The molecule has 1 rings (SSSR count). The van der Waals surface area contributed by atoms with Crippen LogP contribution in [0, 0.1) is 13.8 Å². The van der Waals surface area contributed by atoms with Gasteiger partial charge in [0, 0.05) is 16.9 Å². The summed E-state index contributed by atoms with van der Waals surface area (Å²) in [5.74, 6) is -0.531. The molecule has 0 atom stereocenters. The van der Waals surface area contributed by atoms with E-state index in [2.05, 4.69) is 38.1 Å². The molecule has 0 amide bonds. The number of ether oxygens (including phenoxy) is 1. The summed E-state index contributed by atoms with van der Waals surface area (Å²) in [6.45, 7) is 14.6. The Balaban J connectivity index is 3.76. The van der Waals surface area contributed by atoms with Gasteiger partial charge in [-0.2, -0.15) is 0 Å². The van der Waals surface area contributed by atoms with Crippen LogP contribution < -0.4 is 5.46 Å². The fraction of sp³-hybridized carbons (Fsp3) is 0.643. The summed E-state index contributed by atoms with van der Waals surface area (Å²) in [5.41, 5.74) is 2.00. The van der Waals surface area contributed by atoms with Crippen molar-refractivity contribution in [2.75, 3.05) is 7.11 Å². The maximum Gasteiger partial charge on any atom is 0.491 e. The molecule has 0 saturated carbocycles. The summed E-state index contributed by atoms with van der Waals surface area (Å²) in [5, 5.41) is 19.4. The lowest BCUT2D eigenvalue weighted by molar-refractivity contribution is 0.0601. The summed E-state index contributed by atoms with van der Waals surface area (Å²) < 4.78 is 6.95. The number of carbonyl (C=O) groups is 1. The monoisotopic (exact) mass is 311 g/mol. The molecule has 0 fully saturated rings. The maximum atomic E-state index is 12.1. The van der Waals surface area contributed by atoms with Crippen molar-refractivity contribution in [1.82, 2.24) is 4.23 Å². The summed E-state index contributed by atoms with van der Waals surface area (Å²) >= 11 is 0. The van der Waals surface area contributed by atoms with Crippen molar-refractivity contribution >= 4 is 26.8 Å². The Labute approximate surface area is 128 Å². The van der Waals surface area contributed by atoms with Gasteiger partial charge in [-0.3, -0.25) is 0 Å². The van der Waals surface area contributed by atoms with Crippen molar-refractivity contribution in [3.05, 3.63) is 17.0 Å². The third kappa shape index (κ3) is 2.82. The van der Waals surface area contributed by atoms with Crippen molar-refractivity contribution < 1.29 is 19.6 Å². The molecule has 1 heterocycles. The van der Waals surface area contributed by atoms with Crippen molar-refractivity contribution in [3.63, 3.8) is 0 Å². The Bertz CT molecular complexity index is 558. The first kappa shape index (κ1) is 18.0. The number of nitrogens with zero attached hydrogens (tertiary/aromatic N) is 1. The van der Waals surface area contributed by atoms with Gasteiger partial charge in [-0.1, -0.05) is 33.9 Å². The van der Waals surface area contributed by atoms with Crippen molar-refractivity contribution in [2.24, 2.45) is 0 Å². The summed E-state index contributed by atoms with van der Waals surface area (Å²) in [7, 11) is -2.39. The largest absolute Gasteiger partial charge is 0.491 e. The quantitative estimate of drug-likeness (QED) is 0.654. The highest BCUT2D eigenvalue weighted by Gasteiger charge is 2.42. The number of hydrogen-bond acceptors (Lipinski definition) is 4. The molecule has 0 aliphatic heterocycles. The number of methoxy groups -OCH3 is 1. The van der Waals surface area contributed by atoms with Crippen LogP contribution in [0.2, 0.25) is 18.1 Å². The third-order valence-corrected chi connectivity index (χ3v) is 10.2. The lowest BCUT2D eigenvalue weighted by Crippen LogP contribution is -2.47. The molecular weight excluding hydrogens is 285 g/mol. The number of carbonyl (C=O) groups excluding carboxylic acids is 1. The highest BCUT2D eigenvalue weighted by atomic mass is 28.3. The molecule has 0 saturated heterocycles. The van der Waals surface area contributed by atoms with E-state index < -0.39 is 21.3 Å². The average Bonchev–Trinajstić information content (AvgIpc) is 2.58. The van der Waals surface area contributed by atoms with E-state index in [4.69, 9.17) is 4.74 Å². The molecule has 0 aliphatic carbocycles. The van der Waals surface area contributed by atoms with E-state index in [1.807, 2.05) is 13.8 Å². The van der Waals surface area contributed by atoms with Gasteiger partial charge in [0.05, 0.1) is 12.7 Å². The first-order valence-corrected chi connectivity index (χ1v) is 9.99. The van der Waals surface area contributed by atoms with Gasteiger partial charge in [0.2, 0.25) is 0 Å². The zero-order valence-electron chi connectivity index (χ0n) is 14.2. The highest BCUT2D eigenvalue weighted by molar-refractivity contribution is 6.79. The first-order valence-electron chi connectivity index (χ1n) is 7.04. The number of esters is 1. The molecular formula is C14H26BNO4Si. The molecule has 0 spiro atoms. The maximum absolute atomic E-state index is 12.1. The van der Waals surface area contributed by atoms with Crippen molar-refractivity contribution in [2.45, 2.75) is 52.8 Å². The predicted molar refractivity (Wildman–Crippen MR) is 87.7 cm³/mol. The van der Waals surface area contributed by atoms with Crippen LogP contribution in [-0.2, 0) is 4.74 Å². The van der Waals surface area contributed by atoms with Gasteiger partial charge in [-0.15, -0.1) is 0 Å². The van der Waals surface area contributed by atoms with E-state index in [0.29, 0.717) is 0 Å². The lowest BCUT2D eigenvalue weighted by atomic mass is 9.77. The fourth-order valence-corrected chi connectivity index (χ4v) is 5.29. The van der Waals surface area contributed by atoms with Crippen LogP contribution in [0.1, 0.15) is 42.5 Å².